The number of hydrogen-bond donors (Lipinski definition) is 2. The van der Waals surface area contributed by atoms with Gasteiger partial charge in [0, 0.05) is 17.8 Å². The zero-order valence-electron chi connectivity index (χ0n) is 9.99. The van der Waals surface area contributed by atoms with E-state index in [-0.39, 0.29) is 27.8 Å². The third-order valence-corrected chi connectivity index (χ3v) is 2.78. The van der Waals surface area contributed by atoms with Gasteiger partial charge >= 0.3 is 0 Å². The summed E-state index contributed by atoms with van der Waals surface area (Å²) in [4.78, 5) is 11.1. The highest BCUT2D eigenvalue weighted by atomic mass is 35.5. The van der Waals surface area contributed by atoms with Gasteiger partial charge in [0.1, 0.15) is 11.6 Å². The number of carbonyl (C=O) groups excluding carboxylic acids is 1. The van der Waals surface area contributed by atoms with Crippen LogP contribution in [0.1, 0.15) is 10.4 Å². The van der Waals surface area contributed by atoms with Gasteiger partial charge in [0.15, 0.2) is 11.6 Å². The molecule has 0 aliphatic rings. The SMILES string of the molecule is NC(=O)c1cc(Oc2ccc(F)c(Cl)c2)c(F)cc1N. The summed E-state index contributed by atoms with van der Waals surface area (Å²) in [5.41, 5.74) is 10.4. The third kappa shape index (κ3) is 2.80. The number of benzene rings is 2. The molecule has 104 valence electrons. The molecule has 2 aromatic rings. The van der Waals surface area contributed by atoms with Crippen LogP contribution >= 0.6 is 11.6 Å². The van der Waals surface area contributed by atoms with Crippen molar-refractivity contribution in [2.24, 2.45) is 5.73 Å². The van der Waals surface area contributed by atoms with Crippen LogP contribution in [0.4, 0.5) is 14.5 Å². The normalized spacial score (nSPS) is 10.3. The fraction of sp³-hybridized carbons (Fsp3) is 0. The molecule has 2 aromatic carbocycles. The zero-order chi connectivity index (χ0) is 14.9. The molecule has 1 amide bonds. The molecule has 20 heavy (non-hydrogen) atoms. The monoisotopic (exact) mass is 298 g/mol. The van der Waals surface area contributed by atoms with Crippen LogP contribution in [0.2, 0.25) is 5.02 Å². The van der Waals surface area contributed by atoms with Crippen LogP contribution in [0.5, 0.6) is 11.5 Å². The van der Waals surface area contributed by atoms with Gasteiger partial charge < -0.3 is 16.2 Å². The molecule has 4 nitrogen and oxygen atoms in total. The van der Waals surface area contributed by atoms with E-state index in [0.29, 0.717) is 0 Å². The average Bonchev–Trinajstić information content (AvgIpc) is 2.36. The molecule has 0 spiro atoms. The number of amides is 1. The van der Waals surface area contributed by atoms with Gasteiger partial charge in [-0.3, -0.25) is 4.79 Å². The smallest absolute Gasteiger partial charge is 0.250 e. The van der Waals surface area contributed by atoms with E-state index in [2.05, 4.69) is 0 Å². The molecule has 0 atom stereocenters. The van der Waals surface area contributed by atoms with Gasteiger partial charge in [-0.25, -0.2) is 8.78 Å². The van der Waals surface area contributed by atoms with E-state index in [4.69, 9.17) is 27.8 Å². The Morgan fingerprint density at radius 1 is 1.15 bits per heavy atom. The third-order valence-electron chi connectivity index (χ3n) is 2.49. The highest BCUT2D eigenvalue weighted by molar-refractivity contribution is 6.30. The molecule has 0 radical (unpaired) electrons. The Labute approximate surface area is 117 Å². The summed E-state index contributed by atoms with van der Waals surface area (Å²) in [6.45, 7) is 0. The molecule has 0 heterocycles. The molecule has 0 saturated heterocycles. The lowest BCUT2D eigenvalue weighted by Gasteiger charge is -2.10. The Morgan fingerprint density at radius 3 is 2.45 bits per heavy atom. The molecule has 4 N–H and O–H groups in total. The van der Waals surface area contributed by atoms with Crippen molar-refractivity contribution in [3.05, 3.63) is 52.6 Å². The quantitative estimate of drug-likeness (QED) is 0.855. The molecule has 2 rings (SSSR count). The lowest BCUT2D eigenvalue weighted by molar-refractivity contribution is 0.100. The minimum absolute atomic E-state index is 0.0744. The van der Waals surface area contributed by atoms with E-state index < -0.39 is 17.5 Å². The molecular formula is C13H9ClF2N2O2. The van der Waals surface area contributed by atoms with E-state index in [1.54, 1.807) is 0 Å². The van der Waals surface area contributed by atoms with Gasteiger partial charge in [-0.2, -0.15) is 0 Å². The summed E-state index contributed by atoms with van der Waals surface area (Å²) < 4.78 is 31.9. The second-order valence-corrected chi connectivity index (χ2v) is 4.32. The summed E-state index contributed by atoms with van der Waals surface area (Å²) in [5, 5.41) is -0.173. The number of nitrogen functional groups attached to an aromatic ring is 1. The Balaban J connectivity index is 2.40. The van der Waals surface area contributed by atoms with Crippen LogP contribution in [-0.4, -0.2) is 5.91 Å². The molecule has 7 heteroatoms. The van der Waals surface area contributed by atoms with Crippen molar-refractivity contribution in [3.63, 3.8) is 0 Å². The molecule has 0 saturated carbocycles. The molecule has 0 aliphatic heterocycles. The van der Waals surface area contributed by atoms with Gasteiger partial charge in [-0.15, -0.1) is 0 Å². The molecule has 0 bridgehead atoms. The maximum Gasteiger partial charge on any atom is 0.250 e. The highest BCUT2D eigenvalue weighted by Crippen LogP contribution is 2.30. The number of rotatable bonds is 3. The minimum atomic E-state index is -0.815. The average molecular weight is 299 g/mol. The van der Waals surface area contributed by atoms with Gasteiger partial charge in [0.2, 0.25) is 0 Å². The summed E-state index contributed by atoms with van der Waals surface area (Å²) >= 11 is 5.58. The van der Waals surface area contributed by atoms with Gasteiger partial charge in [0.05, 0.1) is 10.6 Å². The highest BCUT2D eigenvalue weighted by Gasteiger charge is 2.14. The number of anilines is 1. The fourth-order valence-corrected chi connectivity index (χ4v) is 1.70. The number of carbonyl (C=O) groups is 1. The Bertz CT molecular complexity index is 692. The number of halogens is 3. The zero-order valence-corrected chi connectivity index (χ0v) is 10.7. The first-order valence-electron chi connectivity index (χ1n) is 5.40. The summed E-state index contributed by atoms with van der Waals surface area (Å²) in [7, 11) is 0. The lowest BCUT2D eigenvalue weighted by atomic mass is 10.1. The first-order valence-corrected chi connectivity index (χ1v) is 5.78. The van der Waals surface area contributed by atoms with Crippen molar-refractivity contribution in [1.29, 1.82) is 0 Å². The summed E-state index contributed by atoms with van der Waals surface area (Å²) in [6, 6.07) is 5.50. The topological polar surface area (TPSA) is 78.3 Å². The summed E-state index contributed by atoms with van der Waals surface area (Å²) in [5.74, 6) is -2.39. The van der Waals surface area contributed by atoms with Crippen LogP contribution in [0.3, 0.4) is 0 Å². The van der Waals surface area contributed by atoms with E-state index in [1.807, 2.05) is 0 Å². The molecule has 0 unspecified atom stereocenters. The summed E-state index contributed by atoms with van der Waals surface area (Å²) in [6.07, 6.45) is 0. The van der Waals surface area contributed by atoms with Crippen LogP contribution in [-0.2, 0) is 0 Å². The van der Waals surface area contributed by atoms with Crippen molar-refractivity contribution >= 4 is 23.2 Å². The van der Waals surface area contributed by atoms with Crippen LogP contribution < -0.4 is 16.2 Å². The number of nitrogens with two attached hydrogens (primary N) is 2. The van der Waals surface area contributed by atoms with E-state index in [9.17, 15) is 13.6 Å². The second kappa shape index (κ2) is 5.34. The molecule has 0 aromatic heterocycles. The number of ether oxygens (including phenoxy) is 1. The number of primary amides is 1. The largest absolute Gasteiger partial charge is 0.454 e. The van der Waals surface area contributed by atoms with Gasteiger partial charge in [0.25, 0.3) is 5.91 Å². The van der Waals surface area contributed by atoms with Crippen LogP contribution in [0, 0.1) is 11.6 Å². The van der Waals surface area contributed by atoms with Crippen molar-refractivity contribution in [2.45, 2.75) is 0 Å². The van der Waals surface area contributed by atoms with E-state index in [1.165, 1.54) is 12.1 Å². The van der Waals surface area contributed by atoms with E-state index in [0.717, 1.165) is 18.2 Å². The van der Waals surface area contributed by atoms with Gasteiger partial charge in [-0.1, -0.05) is 11.6 Å². The predicted octanol–water partition coefficient (Wildman–Crippen LogP) is 3.09. The van der Waals surface area contributed by atoms with Crippen molar-refractivity contribution in [3.8, 4) is 11.5 Å². The lowest BCUT2D eigenvalue weighted by Crippen LogP contribution is -2.14. The standard InChI is InChI=1S/C13H9ClF2N2O2/c14-8-3-6(1-2-9(8)15)20-12-4-7(13(18)19)11(17)5-10(12)16/h1-5H,17H2,(H2,18,19). The Kier molecular flexibility index (Phi) is 3.76. The van der Waals surface area contributed by atoms with Crippen molar-refractivity contribution in [2.75, 3.05) is 5.73 Å². The van der Waals surface area contributed by atoms with E-state index >= 15 is 0 Å². The first-order chi connectivity index (χ1) is 9.38. The number of hydrogen-bond acceptors (Lipinski definition) is 3. The molecule has 0 fully saturated rings. The first kappa shape index (κ1) is 14.1. The fourth-order valence-electron chi connectivity index (χ4n) is 1.53. The Hall–Kier alpha value is -2.34. The molecule has 0 aliphatic carbocycles. The van der Waals surface area contributed by atoms with Crippen molar-refractivity contribution in [1.82, 2.24) is 0 Å². The van der Waals surface area contributed by atoms with Gasteiger partial charge in [-0.05, 0) is 18.2 Å². The van der Waals surface area contributed by atoms with Crippen LogP contribution in [0.15, 0.2) is 30.3 Å². The van der Waals surface area contributed by atoms with Crippen molar-refractivity contribution < 1.29 is 18.3 Å². The molecular weight excluding hydrogens is 290 g/mol. The Morgan fingerprint density at radius 2 is 1.85 bits per heavy atom. The second-order valence-electron chi connectivity index (χ2n) is 3.91. The predicted molar refractivity (Wildman–Crippen MR) is 70.8 cm³/mol. The van der Waals surface area contributed by atoms with Crippen LogP contribution in [0.25, 0.3) is 0 Å². The maximum atomic E-state index is 13.7. The minimum Gasteiger partial charge on any atom is -0.454 e. The maximum absolute atomic E-state index is 13.7.